The molecule has 0 unspecified atom stereocenters. The topological polar surface area (TPSA) is 12.0 Å². The van der Waals surface area contributed by atoms with Crippen molar-refractivity contribution in [2.75, 3.05) is 6.54 Å². The lowest BCUT2D eigenvalue weighted by atomic mass is 10.0. The summed E-state index contributed by atoms with van der Waals surface area (Å²) in [6, 6.07) is 4.94. The van der Waals surface area contributed by atoms with Gasteiger partial charge in [-0.25, -0.2) is 4.39 Å². The summed E-state index contributed by atoms with van der Waals surface area (Å²) in [6.07, 6.45) is 2.36. The molecule has 0 fully saturated rings. The highest BCUT2D eigenvalue weighted by Crippen LogP contribution is 2.15. The highest BCUT2D eigenvalue weighted by atomic mass is 35.5. The summed E-state index contributed by atoms with van der Waals surface area (Å²) < 4.78 is 13.1. The Morgan fingerprint density at radius 3 is 2.56 bits per heavy atom. The van der Waals surface area contributed by atoms with Gasteiger partial charge in [-0.2, -0.15) is 0 Å². The van der Waals surface area contributed by atoms with Crippen molar-refractivity contribution in [1.82, 2.24) is 5.32 Å². The molecular formula is C13H19ClFN. The number of benzene rings is 1. The molecule has 0 spiro atoms. The molecule has 0 saturated carbocycles. The average Bonchev–Trinajstić information content (AvgIpc) is 2.29. The maximum absolute atomic E-state index is 13.1. The van der Waals surface area contributed by atoms with Crippen molar-refractivity contribution in [2.45, 2.75) is 33.2 Å². The van der Waals surface area contributed by atoms with E-state index in [0.29, 0.717) is 12.5 Å². The van der Waals surface area contributed by atoms with Gasteiger partial charge in [-0.05, 0) is 30.2 Å². The lowest BCUT2D eigenvalue weighted by Crippen LogP contribution is -2.21. The van der Waals surface area contributed by atoms with Gasteiger partial charge in [-0.15, -0.1) is 0 Å². The van der Waals surface area contributed by atoms with Crippen LogP contribution in [-0.4, -0.2) is 6.54 Å². The zero-order valence-corrected chi connectivity index (χ0v) is 10.6. The molecule has 0 aliphatic rings. The summed E-state index contributed by atoms with van der Waals surface area (Å²) in [5.41, 5.74) is 0.938. The fourth-order valence-corrected chi connectivity index (χ4v) is 1.77. The maximum atomic E-state index is 13.1. The first kappa shape index (κ1) is 13.5. The lowest BCUT2D eigenvalue weighted by molar-refractivity contribution is 0.449. The second-order valence-corrected chi connectivity index (χ2v) is 4.47. The van der Waals surface area contributed by atoms with E-state index in [0.717, 1.165) is 12.1 Å². The van der Waals surface area contributed by atoms with Crippen LogP contribution in [0, 0.1) is 11.7 Å². The van der Waals surface area contributed by atoms with E-state index >= 15 is 0 Å². The number of hydrogen-bond acceptors (Lipinski definition) is 1. The lowest BCUT2D eigenvalue weighted by Gasteiger charge is -2.13. The first-order chi connectivity index (χ1) is 7.67. The van der Waals surface area contributed by atoms with Gasteiger partial charge < -0.3 is 5.32 Å². The molecule has 1 N–H and O–H groups in total. The molecule has 0 radical (unpaired) electrons. The van der Waals surface area contributed by atoms with Crippen molar-refractivity contribution in [2.24, 2.45) is 5.92 Å². The molecule has 0 aliphatic heterocycles. The zero-order chi connectivity index (χ0) is 12.0. The standard InChI is InChI=1S/C13H19ClFN/c1-3-10(4-2)8-16-9-11-5-6-12(14)13(15)7-11/h5-7,10,16H,3-4,8-9H2,1-2H3. The molecule has 1 aromatic carbocycles. The highest BCUT2D eigenvalue weighted by molar-refractivity contribution is 6.30. The van der Waals surface area contributed by atoms with E-state index in [2.05, 4.69) is 19.2 Å². The van der Waals surface area contributed by atoms with Crippen LogP contribution >= 0.6 is 11.6 Å². The first-order valence-corrected chi connectivity index (χ1v) is 6.19. The van der Waals surface area contributed by atoms with E-state index in [1.807, 2.05) is 6.07 Å². The number of hydrogen-bond donors (Lipinski definition) is 1. The Labute approximate surface area is 102 Å². The Morgan fingerprint density at radius 2 is 2.00 bits per heavy atom. The Kier molecular flexibility index (Phi) is 5.78. The van der Waals surface area contributed by atoms with E-state index in [1.165, 1.54) is 18.9 Å². The fraction of sp³-hybridized carbons (Fsp3) is 0.538. The minimum absolute atomic E-state index is 0.184. The molecule has 1 rings (SSSR count). The molecule has 0 bridgehead atoms. The summed E-state index contributed by atoms with van der Waals surface area (Å²) >= 11 is 5.61. The molecule has 0 aromatic heterocycles. The van der Waals surface area contributed by atoms with E-state index in [-0.39, 0.29) is 10.8 Å². The largest absolute Gasteiger partial charge is 0.312 e. The van der Waals surface area contributed by atoms with Gasteiger partial charge in [0.1, 0.15) is 5.82 Å². The van der Waals surface area contributed by atoms with Crippen LogP contribution in [0.2, 0.25) is 5.02 Å². The van der Waals surface area contributed by atoms with Gasteiger partial charge in [0, 0.05) is 6.54 Å². The Hall–Kier alpha value is -0.600. The van der Waals surface area contributed by atoms with Crippen LogP contribution in [0.1, 0.15) is 32.3 Å². The van der Waals surface area contributed by atoms with Crippen molar-refractivity contribution in [1.29, 1.82) is 0 Å². The predicted octanol–water partition coefficient (Wildman–Crippen LogP) is 4.00. The molecule has 0 saturated heterocycles. The van der Waals surface area contributed by atoms with Crippen LogP contribution in [0.25, 0.3) is 0 Å². The van der Waals surface area contributed by atoms with E-state index < -0.39 is 0 Å². The number of halogens is 2. The zero-order valence-electron chi connectivity index (χ0n) is 9.89. The fourth-order valence-electron chi connectivity index (χ4n) is 1.65. The Morgan fingerprint density at radius 1 is 1.31 bits per heavy atom. The SMILES string of the molecule is CCC(CC)CNCc1ccc(Cl)c(F)c1. The third-order valence-electron chi connectivity index (χ3n) is 2.90. The normalized spacial score (nSPS) is 11.1. The third-order valence-corrected chi connectivity index (χ3v) is 3.21. The third kappa shape index (κ3) is 4.11. The summed E-state index contributed by atoms with van der Waals surface area (Å²) in [5, 5.41) is 3.52. The summed E-state index contributed by atoms with van der Waals surface area (Å²) in [4.78, 5) is 0. The van der Waals surface area contributed by atoms with Crippen molar-refractivity contribution >= 4 is 11.6 Å². The molecule has 1 nitrogen and oxygen atoms in total. The monoisotopic (exact) mass is 243 g/mol. The molecule has 1 aromatic rings. The second-order valence-electron chi connectivity index (χ2n) is 4.06. The predicted molar refractivity (Wildman–Crippen MR) is 67.2 cm³/mol. The molecule has 0 heterocycles. The maximum Gasteiger partial charge on any atom is 0.142 e. The average molecular weight is 244 g/mol. The van der Waals surface area contributed by atoms with Gasteiger partial charge in [0.2, 0.25) is 0 Å². The number of rotatable bonds is 6. The van der Waals surface area contributed by atoms with E-state index in [1.54, 1.807) is 6.07 Å². The molecule has 90 valence electrons. The van der Waals surface area contributed by atoms with Crippen LogP contribution in [-0.2, 0) is 6.54 Å². The quantitative estimate of drug-likeness (QED) is 0.796. The molecule has 0 atom stereocenters. The molecule has 16 heavy (non-hydrogen) atoms. The van der Waals surface area contributed by atoms with Crippen molar-refractivity contribution < 1.29 is 4.39 Å². The molecule has 0 aliphatic carbocycles. The van der Waals surface area contributed by atoms with Gasteiger partial charge in [-0.1, -0.05) is 44.4 Å². The van der Waals surface area contributed by atoms with Crippen LogP contribution in [0.15, 0.2) is 18.2 Å². The Bertz CT molecular complexity index is 324. The highest BCUT2D eigenvalue weighted by Gasteiger charge is 2.04. The van der Waals surface area contributed by atoms with Gasteiger partial charge in [0.05, 0.1) is 5.02 Å². The van der Waals surface area contributed by atoms with Crippen LogP contribution in [0.4, 0.5) is 4.39 Å². The van der Waals surface area contributed by atoms with E-state index in [9.17, 15) is 4.39 Å². The van der Waals surface area contributed by atoms with Crippen LogP contribution in [0.3, 0.4) is 0 Å². The second kappa shape index (κ2) is 6.87. The van der Waals surface area contributed by atoms with Crippen LogP contribution < -0.4 is 5.32 Å². The Balaban J connectivity index is 2.40. The van der Waals surface area contributed by atoms with E-state index in [4.69, 9.17) is 11.6 Å². The number of nitrogens with one attached hydrogen (secondary N) is 1. The minimum Gasteiger partial charge on any atom is -0.312 e. The summed E-state index contributed by atoms with van der Waals surface area (Å²) in [5.74, 6) is 0.362. The molecule has 3 heteroatoms. The van der Waals surface area contributed by atoms with Gasteiger partial charge >= 0.3 is 0 Å². The van der Waals surface area contributed by atoms with Gasteiger partial charge in [0.15, 0.2) is 0 Å². The summed E-state index contributed by atoms with van der Waals surface area (Å²) in [6.45, 7) is 6.07. The molecular weight excluding hydrogens is 225 g/mol. The van der Waals surface area contributed by atoms with Crippen molar-refractivity contribution in [3.8, 4) is 0 Å². The molecule has 0 amide bonds. The van der Waals surface area contributed by atoms with Crippen molar-refractivity contribution in [3.05, 3.63) is 34.6 Å². The van der Waals surface area contributed by atoms with Gasteiger partial charge in [-0.3, -0.25) is 0 Å². The van der Waals surface area contributed by atoms with Crippen molar-refractivity contribution in [3.63, 3.8) is 0 Å². The van der Waals surface area contributed by atoms with Crippen LogP contribution in [0.5, 0.6) is 0 Å². The first-order valence-electron chi connectivity index (χ1n) is 5.82. The minimum atomic E-state index is -0.344. The van der Waals surface area contributed by atoms with Gasteiger partial charge in [0.25, 0.3) is 0 Å². The summed E-state index contributed by atoms with van der Waals surface area (Å²) in [7, 11) is 0. The smallest absolute Gasteiger partial charge is 0.142 e.